The number of unbranched alkanes of at least 4 members (excludes halogenated alkanes) is 3. The van der Waals surface area contributed by atoms with Crippen molar-refractivity contribution in [2.75, 3.05) is 57.9 Å². The third-order valence-corrected chi connectivity index (χ3v) is 27.1. The van der Waals surface area contributed by atoms with Gasteiger partial charge in [-0.1, -0.05) is 86.9 Å². The molecule has 18 heteroatoms. The van der Waals surface area contributed by atoms with Crippen LogP contribution in [0.3, 0.4) is 0 Å². The smallest absolute Gasteiger partial charge is 0.410 e. The molecular weight excluding hydrogens is 1060 g/mol. The fraction of sp³-hybridized carbons (Fsp3) is 0.639. The highest BCUT2D eigenvalue weighted by Gasteiger charge is 2.46. The molecule has 3 atom stereocenters. The first-order chi connectivity index (χ1) is 37.5. The highest BCUT2D eigenvalue weighted by Crippen LogP contribution is 2.49. The zero-order valence-electron chi connectivity index (χ0n) is 49.8. The third-order valence-electron chi connectivity index (χ3n) is 17.1. The number of amides is 1. The van der Waals surface area contributed by atoms with Crippen molar-refractivity contribution < 1.29 is 28.5 Å². The van der Waals surface area contributed by atoms with Gasteiger partial charge in [-0.3, -0.25) is 14.7 Å². The van der Waals surface area contributed by atoms with Gasteiger partial charge in [-0.05, 0) is 107 Å². The number of nitrogens with zero attached hydrogens (tertiary/aromatic N) is 8. The molecular formula is C61H88N8O6S2Si2. The number of piperidine rings is 1. The first kappa shape index (κ1) is 59.0. The second kappa shape index (κ2) is 24.1. The molecule has 1 unspecified atom stereocenters. The van der Waals surface area contributed by atoms with Crippen LogP contribution in [0.15, 0.2) is 29.9 Å². The molecule has 0 aliphatic carbocycles. The van der Waals surface area contributed by atoms with Crippen LogP contribution < -0.4 is 9.64 Å². The maximum Gasteiger partial charge on any atom is 0.410 e. The first-order valence-corrected chi connectivity index (χ1v) is 36.9. The number of anilines is 1. The molecule has 14 nitrogen and oxygen atoms in total. The Morgan fingerprint density at radius 3 is 2.35 bits per heavy atom. The molecule has 1 amide bonds. The van der Waals surface area contributed by atoms with Crippen molar-refractivity contribution in [2.45, 2.75) is 194 Å². The van der Waals surface area contributed by atoms with Crippen molar-refractivity contribution in [1.82, 2.24) is 34.5 Å². The van der Waals surface area contributed by atoms with Gasteiger partial charge in [-0.2, -0.15) is 15.1 Å². The van der Waals surface area contributed by atoms with E-state index < -0.39 is 21.7 Å². The number of carbonyl (C=O) groups is 2. The number of piperazine rings is 1. The maximum atomic E-state index is 13.8. The minimum atomic E-state index is -2.09. The lowest BCUT2D eigenvalue weighted by Crippen LogP contribution is -2.57. The van der Waals surface area contributed by atoms with Crippen molar-refractivity contribution in [1.29, 1.82) is 0 Å². The van der Waals surface area contributed by atoms with Crippen molar-refractivity contribution >= 4 is 98.0 Å². The molecule has 0 spiro atoms. The predicted molar refractivity (Wildman–Crippen MR) is 330 cm³/mol. The van der Waals surface area contributed by atoms with Crippen LogP contribution in [0.1, 0.15) is 133 Å². The SMILES string of the molecule is COC(=O)CCCCCCN1CCCC(C)(COc2nc(N3C[C@H]4CC[C@@H](C3)N4C(=O)OC(C)(C)C)c3c(n2)sc2c(-c4c5cnn(COCC[Si](C)(C)C)c5cc5scc(C#C[Si](C(C)C)(C(C)C)C(C)C)c45)nccc23)C1. The van der Waals surface area contributed by atoms with E-state index in [0.717, 1.165) is 141 Å². The van der Waals surface area contributed by atoms with Crippen molar-refractivity contribution in [3.05, 3.63) is 35.5 Å². The second-order valence-corrected chi connectivity index (χ2v) is 39.5. The fourth-order valence-electron chi connectivity index (χ4n) is 13.1. The molecule has 79 heavy (non-hydrogen) atoms. The van der Waals surface area contributed by atoms with E-state index in [-0.39, 0.29) is 29.6 Å². The Hall–Kier alpha value is -4.65. The van der Waals surface area contributed by atoms with Crippen LogP contribution in [-0.2, 0) is 25.7 Å². The van der Waals surface area contributed by atoms with Gasteiger partial charge in [-0.15, -0.1) is 28.2 Å². The zero-order valence-corrected chi connectivity index (χ0v) is 53.5. The number of ether oxygens (including phenoxy) is 4. The summed E-state index contributed by atoms with van der Waals surface area (Å²) in [6.07, 6.45) is 12.2. The summed E-state index contributed by atoms with van der Waals surface area (Å²) in [6.45, 7) is 35.4. The number of aromatic nitrogens is 5. The first-order valence-electron chi connectivity index (χ1n) is 29.3. The molecule has 1 aromatic carbocycles. The topological polar surface area (TPSA) is 137 Å². The Kier molecular flexibility index (Phi) is 18.0. The Balaban J connectivity index is 1.14. The normalized spacial score (nSPS) is 19.5. The van der Waals surface area contributed by atoms with Gasteiger partial charge in [0.15, 0.2) is 0 Å². The third kappa shape index (κ3) is 12.9. The molecule has 5 aromatic heterocycles. The predicted octanol–water partition coefficient (Wildman–Crippen LogP) is 14.5. The monoisotopic (exact) mass is 1150 g/mol. The number of benzene rings is 1. The molecule has 0 saturated carbocycles. The van der Waals surface area contributed by atoms with Gasteiger partial charge in [-0.25, -0.2) is 9.48 Å². The number of fused-ring (bicyclic) bond motifs is 7. The van der Waals surface area contributed by atoms with Gasteiger partial charge >= 0.3 is 18.1 Å². The van der Waals surface area contributed by atoms with Crippen LogP contribution in [0.5, 0.6) is 6.01 Å². The lowest BCUT2D eigenvalue weighted by molar-refractivity contribution is -0.140. The number of hydrogen-bond acceptors (Lipinski definition) is 14. The Morgan fingerprint density at radius 2 is 1.67 bits per heavy atom. The molecule has 0 N–H and O–H groups in total. The van der Waals surface area contributed by atoms with E-state index in [4.69, 9.17) is 39.0 Å². The molecule has 2 bridgehead atoms. The van der Waals surface area contributed by atoms with Crippen LogP contribution >= 0.6 is 22.7 Å². The number of hydrogen-bond donors (Lipinski definition) is 0. The number of thiophene rings is 2. The number of esters is 1. The lowest BCUT2D eigenvalue weighted by Gasteiger charge is -2.42. The summed E-state index contributed by atoms with van der Waals surface area (Å²) in [7, 11) is -1.92. The minimum Gasteiger partial charge on any atom is -0.469 e. The highest BCUT2D eigenvalue weighted by molar-refractivity contribution is 7.26. The minimum absolute atomic E-state index is 0.0194. The van der Waals surface area contributed by atoms with E-state index in [0.29, 0.717) is 62.1 Å². The second-order valence-electron chi connectivity index (χ2n) is 26.4. The fourth-order valence-corrected chi connectivity index (χ4v) is 21.1. The molecule has 6 aromatic rings. The summed E-state index contributed by atoms with van der Waals surface area (Å²) in [5, 5.41) is 11.4. The zero-order chi connectivity index (χ0) is 56.6. The number of pyridine rings is 1. The summed E-state index contributed by atoms with van der Waals surface area (Å²) in [6, 6.07) is 5.82. The van der Waals surface area contributed by atoms with Crippen LogP contribution in [0, 0.1) is 16.9 Å². The van der Waals surface area contributed by atoms with E-state index >= 15 is 0 Å². The van der Waals surface area contributed by atoms with Gasteiger partial charge in [0, 0.05) is 89.7 Å². The summed E-state index contributed by atoms with van der Waals surface area (Å²) < 4.78 is 28.2. The summed E-state index contributed by atoms with van der Waals surface area (Å²) in [5.41, 5.74) is 8.82. The molecule has 3 aliphatic rings. The molecule has 9 rings (SSSR count). The van der Waals surface area contributed by atoms with Gasteiger partial charge in [0.05, 0.1) is 53.3 Å². The quantitative estimate of drug-likeness (QED) is 0.0311. The van der Waals surface area contributed by atoms with E-state index in [2.05, 4.69) is 107 Å². The van der Waals surface area contributed by atoms with Gasteiger partial charge < -0.3 is 28.7 Å². The van der Waals surface area contributed by atoms with Crippen LogP contribution in [0.2, 0.25) is 42.3 Å². The number of methoxy groups -OCH3 is 1. The van der Waals surface area contributed by atoms with Crippen LogP contribution in [0.25, 0.3) is 52.5 Å². The Labute approximate surface area is 479 Å². The van der Waals surface area contributed by atoms with Gasteiger partial charge in [0.2, 0.25) is 0 Å². The highest BCUT2D eigenvalue weighted by atomic mass is 32.1. The number of likely N-dealkylation sites (tertiary alicyclic amines) is 1. The standard InChI is InChI=1S/C61H88N8O6S2Si2/c1-40(2)79(41(3)4,42(5)6)30-24-43-36-76-49-32-48-47(33-63-68(48)39-73-29-31-78(12,13)14)52(51(43)49)54-55-46(23-26-62-54)53-56(67-34-44-21-22-45(35-67)69(44)59(71)75-60(7,8)9)64-58(65-57(53)77-55)74-38-61(10)25-19-28-66(37-61)27-18-16-15-17-20-50(70)72-11/h23,26,32-33,36,40-42,44-45H,15-22,25,27-29,31,34-35,37-39H2,1-14H3/t44-,45+,61?. The summed E-state index contributed by atoms with van der Waals surface area (Å²) >= 11 is 3.39. The molecule has 3 saturated heterocycles. The largest absolute Gasteiger partial charge is 0.469 e. The van der Waals surface area contributed by atoms with Crippen LogP contribution in [-0.4, -0.2) is 133 Å². The Bertz CT molecular complexity index is 3180. The average Bonchev–Trinajstić information content (AvgIpc) is 4.30. The number of rotatable bonds is 20. The van der Waals surface area contributed by atoms with Crippen molar-refractivity contribution in [2.24, 2.45) is 5.41 Å². The van der Waals surface area contributed by atoms with Crippen molar-refractivity contribution in [3.63, 3.8) is 0 Å². The lowest BCUT2D eigenvalue weighted by atomic mass is 9.82. The molecule has 3 fully saturated rings. The van der Waals surface area contributed by atoms with Crippen molar-refractivity contribution in [3.8, 4) is 28.7 Å². The van der Waals surface area contributed by atoms with E-state index in [9.17, 15) is 9.59 Å². The van der Waals surface area contributed by atoms with Crippen LogP contribution in [0.4, 0.5) is 10.6 Å². The molecule has 0 radical (unpaired) electrons. The van der Waals surface area contributed by atoms with E-state index in [1.807, 2.05) is 42.7 Å². The Morgan fingerprint density at radius 1 is 0.949 bits per heavy atom. The molecule has 428 valence electrons. The molecule has 8 heterocycles. The van der Waals surface area contributed by atoms with E-state index in [1.54, 1.807) is 22.7 Å². The average molecular weight is 1150 g/mol. The molecule has 3 aliphatic heterocycles. The van der Waals surface area contributed by atoms with Gasteiger partial charge in [0.25, 0.3) is 0 Å². The number of carbonyl (C=O) groups excluding carboxylic acids is 2. The van der Waals surface area contributed by atoms with E-state index in [1.165, 1.54) is 7.11 Å². The van der Waals surface area contributed by atoms with Gasteiger partial charge in [0.1, 0.15) is 31.1 Å². The summed E-state index contributed by atoms with van der Waals surface area (Å²) in [4.78, 5) is 49.3. The maximum absolute atomic E-state index is 13.8. The summed E-state index contributed by atoms with van der Waals surface area (Å²) in [5.74, 6) is 4.58.